The van der Waals surface area contributed by atoms with Gasteiger partial charge in [-0.15, -0.1) is 0 Å². The molecule has 1 atom stereocenters. The van der Waals surface area contributed by atoms with E-state index < -0.39 is 22.0 Å². The minimum atomic E-state index is -3.87. The van der Waals surface area contributed by atoms with Gasteiger partial charge in [0.1, 0.15) is 0 Å². The van der Waals surface area contributed by atoms with Crippen molar-refractivity contribution in [2.75, 3.05) is 0 Å². The van der Waals surface area contributed by atoms with E-state index >= 15 is 0 Å². The van der Waals surface area contributed by atoms with Crippen LogP contribution in [-0.2, 0) is 28.1 Å². The van der Waals surface area contributed by atoms with Crippen molar-refractivity contribution in [3.8, 4) is 0 Å². The molecule has 1 aromatic carbocycles. The predicted octanol–water partition coefficient (Wildman–Crippen LogP) is -0.229. The van der Waals surface area contributed by atoms with Gasteiger partial charge in [0, 0.05) is 24.1 Å². The average molecular weight is 363 g/mol. The Morgan fingerprint density at radius 1 is 1.24 bits per heavy atom. The van der Waals surface area contributed by atoms with Gasteiger partial charge in [0.2, 0.25) is 5.91 Å². The van der Waals surface area contributed by atoms with E-state index in [4.69, 9.17) is 10.9 Å². The Morgan fingerprint density at radius 2 is 1.92 bits per heavy atom. The summed E-state index contributed by atoms with van der Waals surface area (Å²) in [5.74, 6) is -1.84. The van der Waals surface area contributed by atoms with Crippen LogP contribution in [0.4, 0.5) is 0 Å². The zero-order valence-electron chi connectivity index (χ0n) is 13.2. The van der Waals surface area contributed by atoms with Gasteiger partial charge in [0.15, 0.2) is 5.78 Å². The van der Waals surface area contributed by atoms with Crippen molar-refractivity contribution in [3.05, 3.63) is 52.8 Å². The quantitative estimate of drug-likeness (QED) is 0.605. The van der Waals surface area contributed by atoms with Gasteiger partial charge in [-0.2, -0.15) is 17.8 Å². The summed E-state index contributed by atoms with van der Waals surface area (Å²) in [6.45, 7) is 0.0430. The van der Waals surface area contributed by atoms with Crippen LogP contribution in [0.5, 0.6) is 0 Å². The maximum atomic E-state index is 12.8. The molecular weight excluding hydrogens is 346 g/mol. The number of benzene rings is 1. The third-order valence-corrected chi connectivity index (χ3v) is 5.10. The Bertz CT molecular complexity index is 923. The molecule has 0 saturated heterocycles. The first kappa shape index (κ1) is 17.3. The summed E-state index contributed by atoms with van der Waals surface area (Å²) in [6.07, 6.45) is -0.222. The molecule has 2 aromatic rings. The molecule has 132 valence electrons. The highest BCUT2D eigenvalue weighted by atomic mass is 32.2. The van der Waals surface area contributed by atoms with Crippen LogP contribution in [-0.4, -0.2) is 34.6 Å². The zero-order chi connectivity index (χ0) is 18.2. The Kier molecular flexibility index (Phi) is 4.41. The van der Waals surface area contributed by atoms with Gasteiger partial charge in [-0.1, -0.05) is 30.3 Å². The second-order valence-electron chi connectivity index (χ2n) is 5.83. The number of nitrogens with zero attached hydrogens (tertiary/aromatic N) is 2. The number of Topliss-reactive ketones (excluding diaryl/α,β-unsaturated/α-hetero) is 1. The fourth-order valence-corrected chi connectivity index (χ4v) is 3.54. The molecule has 25 heavy (non-hydrogen) atoms. The van der Waals surface area contributed by atoms with Crippen molar-refractivity contribution in [2.24, 2.45) is 10.9 Å². The van der Waals surface area contributed by atoms with E-state index in [0.717, 1.165) is 4.31 Å². The van der Waals surface area contributed by atoms with Crippen LogP contribution in [0.1, 0.15) is 39.6 Å². The van der Waals surface area contributed by atoms with Crippen molar-refractivity contribution >= 4 is 21.9 Å². The molecule has 9 nitrogen and oxygen atoms in total. The third kappa shape index (κ3) is 3.45. The summed E-state index contributed by atoms with van der Waals surface area (Å²) in [7, 11) is -3.87. The molecule has 1 aliphatic rings. The van der Waals surface area contributed by atoms with Crippen molar-refractivity contribution in [3.63, 3.8) is 0 Å². The first-order chi connectivity index (χ1) is 11.8. The molecule has 1 amide bonds. The third-order valence-electron chi connectivity index (χ3n) is 4.12. The SMILES string of the molecule is NC(=O)CC(C(=O)c1ccccc1)c1n[nH]c2c1CN(S(N)(=O)=O)C2. The number of hydrogen-bond acceptors (Lipinski definition) is 5. The van der Waals surface area contributed by atoms with Crippen LogP contribution in [0.3, 0.4) is 0 Å². The molecule has 0 bridgehead atoms. The molecule has 3 rings (SSSR count). The second kappa shape index (κ2) is 6.39. The number of nitrogens with one attached hydrogen (secondary N) is 1. The Balaban J connectivity index is 1.98. The minimum Gasteiger partial charge on any atom is -0.370 e. The summed E-state index contributed by atoms with van der Waals surface area (Å²) < 4.78 is 24.1. The van der Waals surface area contributed by atoms with Crippen LogP contribution in [0, 0.1) is 0 Å². The van der Waals surface area contributed by atoms with E-state index in [2.05, 4.69) is 10.2 Å². The normalized spacial score (nSPS) is 15.7. The van der Waals surface area contributed by atoms with Gasteiger partial charge < -0.3 is 5.73 Å². The van der Waals surface area contributed by atoms with E-state index in [1.54, 1.807) is 30.3 Å². The molecule has 0 spiro atoms. The Hall–Kier alpha value is -2.56. The summed E-state index contributed by atoms with van der Waals surface area (Å²) in [4.78, 5) is 24.3. The fraction of sp³-hybridized carbons (Fsp3) is 0.267. The first-order valence-electron chi connectivity index (χ1n) is 7.49. The molecular formula is C15H17N5O4S. The van der Waals surface area contributed by atoms with Crippen molar-refractivity contribution in [2.45, 2.75) is 25.4 Å². The lowest BCUT2D eigenvalue weighted by Crippen LogP contribution is -2.32. The number of ketones is 1. The Labute approximate surface area is 144 Å². The van der Waals surface area contributed by atoms with Crippen LogP contribution in [0.25, 0.3) is 0 Å². The number of carbonyl (C=O) groups is 2. The van der Waals surface area contributed by atoms with Gasteiger partial charge in [0.05, 0.1) is 23.9 Å². The molecule has 0 radical (unpaired) electrons. The van der Waals surface area contributed by atoms with Gasteiger partial charge >= 0.3 is 0 Å². The van der Waals surface area contributed by atoms with E-state index in [0.29, 0.717) is 22.5 Å². The number of aromatic nitrogens is 2. The number of aromatic amines is 1. The summed E-state index contributed by atoms with van der Waals surface area (Å²) in [5.41, 5.74) is 7.17. The standard InChI is InChI=1S/C15H17N5O4S/c16-13(21)6-10(15(22)9-4-2-1-3-5-9)14-11-7-20(25(17,23)24)8-12(11)18-19-14/h1-5,10H,6-8H2,(H2,16,21)(H,18,19)(H2,17,23,24). The van der Waals surface area contributed by atoms with Crippen LogP contribution in [0.15, 0.2) is 30.3 Å². The maximum Gasteiger partial charge on any atom is 0.277 e. The molecule has 0 aliphatic carbocycles. The highest BCUT2D eigenvalue weighted by Gasteiger charge is 2.36. The van der Waals surface area contributed by atoms with Crippen LogP contribution in [0.2, 0.25) is 0 Å². The lowest BCUT2D eigenvalue weighted by Gasteiger charge is -2.15. The van der Waals surface area contributed by atoms with E-state index in [1.807, 2.05) is 0 Å². The van der Waals surface area contributed by atoms with Gasteiger partial charge in [0.25, 0.3) is 10.2 Å². The summed E-state index contributed by atoms with van der Waals surface area (Å²) in [5, 5.41) is 12.0. The smallest absolute Gasteiger partial charge is 0.277 e. The van der Waals surface area contributed by atoms with Crippen molar-refractivity contribution in [1.82, 2.24) is 14.5 Å². The summed E-state index contributed by atoms with van der Waals surface area (Å²) in [6, 6.07) is 8.48. The molecule has 0 saturated carbocycles. The lowest BCUT2D eigenvalue weighted by molar-refractivity contribution is -0.118. The van der Waals surface area contributed by atoms with Crippen LogP contribution >= 0.6 is 0 Å². The molecule has 5 N–H and O–H groups in total. The largest absolute Gasteiger partial charge is 0.370 e. The van der Waals surface area contributed by atoms with Crippen LogP contribution < -0.4 is 10.9 Å². The monoisotopic (exact) mass is 363 g/mol. The molecule has 1 aromatic heterocycles. The van der Waals surface area contributed by atoms with Gasteiger partial charge in [-0.25, -0.2) is 5.14 Å². The average Bonchev–Trinajstić information content (AvgIpc) is 3.13. The topological polar surface area (TPSA) is 152 Å². The number of fused-ring (bicyclic) bond motifs is 1. The Morgan fingerprint density at radius 3 is 2.52 bits per heavy atom. The molecule has 2 heterocycles. The van der Waals surface area contributed by atoms with Gasteiger partial charge in [-0.3, -0.25) is 14.7 Å². The first-order valence-corrected chi connectivity index (χ1v) is 8.99. The maximum absolute atomic E-state index is 12.8. The number of hydrogen-bond donors (Lipinski definition) is 3. The van der Waals surface area contributed by atoms with Crippen molar-refractivity contribution in [1.29, 1.82) is 0 Å². The summed E-state index contributed by atoms with van der Waals surface area (Å²) >= 11 is 0. The van der Waals surface area contributed by atoms with Gasteiger partial charge in [-0.05, 0) is 0 Å². The zero-order valence-corrected chi connectivity index (χ0v) is 14.0. The second-order valence-corrected chi connectivity index (χ2v) is 7.38. The molecule has 10 heteroatoms. The lowest BCUT2D eigenvalue weighted by atomic mass is 9.89. The predicted molar refractivity (Wildman–Crippen MR) is 88.3 cm³/mol. The minimum absolute atomic E-state index is 0.00265. The van der Waals surface area contributed by atoms with E-state index in [1.165, 1.54) is 0 Å². The number of nitrogens with two attached hydrogens (primary N) is 2. The fourth-order valence-electron chi connectivity index (χ4n) is 2.92. The molecule has 1 aliphatic heterocycles. The number of primary amides is 1. The number of amides is 1. The molecule has 0 fully saturated rings. The number of carbonyl (C=O) groups excluding carboxylic acids is 2. The number of H-pyrrole nitrogens is 1. The number of rotatable bonds is 6. The molecule has 1 unspecified atom stereocenters. The van der Waals surface area contributed by atoms with E-state index in [9.17, 15) is 18.0 Å². The highest BCUT2D eigenvalue weighted by molar-refractivity contribution is 7.86. The van der Waals surface area contributed by atoms with E-state index in [-0.39, 0.29) is 25.3 Å². The van der Waals surface area contributed by atoms with Crippen molar-refractivity contribution < 1.29 is 18.0 Å². The highest BCUT2D eigenvalue weighted by Crippen LogP contribution is 2.32.